The van der Waals surface area contributed by atoms with E-state index in [1.165, 1.54) is 30.3 Å². The zero-order valence-corrected chi connectivity index (χ0v) is 17.0. The van der Waals surface area contributed by atoms with Crippen molar-refractivity contribution in [3.05, 3.63) is 59.7 Å². The summed E-state index contributed by atoms with van der Waals surface area (Å²) >= 11 is 0. The standard InChI is InChI=1S/C21H23F3N2O3S/c22-21(23,24)16-8-6-11-18(14-16)26-30(28,29)19-12-5-7-15(13-19)20(27)25-17-9-3-1-2-4-10-17/h5-8,11-14,17,26H,1-4,9-10H2,(H,25,27). The number of hydrogen-bond acceptors (Lipinski definition) is 3. The molecule has 0 aromatic heterocycles. The van der Waals surface area contributed by atoms with Gasteiger partial charge >= 0.3 is 6.18 Å². The zero-order chi connectivity index (χ0) is 21.8. The van der Waals surface area contributed by atoms with Crippen molar-refractivity contribution in [3.63, 3.8) is 0 Å². The summed E-state index contributed by atoms with van der Waals surface area (Å²) in [6, 6.07) is 9.45. The molecule has 0 aliphatic heterocycles. The van der Waals surface area contributed by atoms with Crippen LogP contribution >= 0.6 is 0 Å². The van der Waals surface area contributed by atoms with E-state index < -0.39 is 21.8 Å². The van der Waals surface area contributed by atoms with Gasteiger partial charge in [-0.05, 0) is 49.2 Å². The lowest BCUT2D eigenvalue weighted by molar-refractivity contribution is -0.137. The van der Waals surface area contributed by atoms with Crippen molar-refractivity contribution < 1.29 is 26.4 Å². The van der Waals surface area contributed by atoms with Crippen LogP contribution in [0.5, 0.6) is 0 Å². The molecule has 0 unspecified atom stereocenters. The lowest BCUT2D eigenvalue weighted by Gasteiger charge is -2.16. The zero-order valence-electron chi connectivity index (χ0n) is 16.2. The van der Waals surface area contributed by atoms with E-state index in [1.807, 2.05) is 0 Å². The molecule has 9 heteroatoms. The van der Waals surface area contributed by atoms with Crippen LogP contribution in [0.2, 0.25) is 0 Å². The molecule has 0 saturated heterocycles. The number of halogens is 3. The van der Waals surface area contributed by atoms with Crippen LogP contribution in [-0.2, 0) is 16.2 Å². The highest BCUT2D eigenvalue weighted by molar-refractivity contribution is 7.92. The van der Waals surface area contributed by atoms with Crippen LogP contribution in [0.3, 0.4) is 0 Å². The van der Waals surface area contributed by atoms with Gasteiger partial charge in [0.05, 0.1) is 10.5 Å². The number of carbonyl (C=O) groups is 1. The number of alkyl halides is 3. The Morgan fingerprint density at radius 1 is 0.933 bits per heavy atom. The summed E-state index contributed by atoms with van der Waals surface area (Å²) in [7, 11) is -4.17. The van der Waals surface area contributed by atoms with Crippen LogP contribution in [0.1, 0.15) is 54.4 Å². The van der Waals surface area contributed by atoms with Crippen LogP contribution in [0.4, 0.5) is 18.9 Å². The first kappa shape index (κ1) is 22.1. The second-order valence-corrected chi connectivity index (χ2v) is 9.06. The molecule has 2 aromatic carbocycles. The minimum Gasteiger partial charge on any atom is -0.349 e. The molecule has 3 rings (SSSR count). The fourth-order valence-corrected chi connectivity index (χ4v) is 4.56. The van der Waals surface area contributed by atoms with Gasteiger partial charge in [0.1, 0.15) is 0 Å². The van der Waals surface area contributed by atoms with E-state index in [-0.39, 0.29) is 28.1 Å². The van der Waals surface area contributed by atoms with Crippen molar-refractivity contribution in [3.8, 4) is 0 Å². The van der Waals surface area contributed by atoms with E-state index in [4.69, 9.17) is 0 Å². The van der Waals surface area contributed by atoms with Gasteiger partial charge in [-0.2, -0.15) is 13.2 Å². The minimum absolute atomic E-state index is 0.0588. The van der Waals surface area contributed by atoms with E-state index in [1.54, 1.807) is 0 Å². The number of hydrogen-bond donors (Lipinski definition) is 2. The Bertz CT molecular complexity index is 999. The monoisotopic (exact) mass is 440 g/mol. The molecule has 5 nitrogen and oxygen atoms in total. The quantitative estimate of drug-likeness (QED) is 0.646. The number of sulfonamides is 1. The Kier molecular flexibility index (Phi) is 6.70. The van der Waals surface area contributed by atoms with Gasteiger partial charge in [0, 0.05) is 17.3 Å². The first-order valence-electron chi connectivity index (χ1n) is 9.76. The maximum absolute atomic E-state index is 12.9. The van der Waals surface area contributed by atoms with Crippen molar-refractivity contribution >= 4 is 21.6 Å². The van der Waals surface area contributed by atoms with Crippen LogP contribution in [0, 0.1) is 0 Å². The van der Waals surface area contributed by atoms with Crippen molar-refractivity contribution in [2.45, 2.75) is 55.6 Å². The fourth-order valence-electron chi connectivity index (χ4n) is 3.47. The summed E-state index contributed by atoms with van der Waals surface area (Å²) in [6.45, 7) is 0. The SMILES string of the molecule is O=C(NC1CCCCCC1)c1cccc(S(=O)(=O)Nc2cccc(C(F)(F)F)c2)c1. The molecule has 0 spiro atoms. The van der Waals surface area contributed by atoms with Crippen molar-refractivity contribution in [2.24, 2.45) is 0 Å². The highest BCUT2D eigenvalue weighted by atomic mass is 32.2. The maximum Gasteiger partial charge on any atom is 0.416 e. The Morgan fingerprint density at radius 2 is 1.60 bits per heavy atom. The smallest absolute Gasteiger partial charge is 0.349 e. The van der Waals surface area contributed by atoms with Gasteiger partial charge in [-0.25, -0.2) is 8.42 Å². The number of carbonyl (C=O) groups excluding carboxylic acids is 1. The third-order valence-electron chi connectivity index (χ3n) is 5.04. The second kappa shape index (κ2) is 9.07. The lowest BCUT2D eigenvalue weighted by atomic mass is 10.1. The molecule has 0 bridgehead atoms. The molecule has 1 amide bonds. The Labute approximate surface area is 173 Å². The van der Waals surface area contributed by atoms with Gasteiger partial charge < -0.3 is 5.32 Å². The average molecular weight is 440 g/mol. The van der Waals surface area contributed by atoms with E-state index in [9.17, 15) is 26.4 Å². The minimum atomic E-state index is -4.59. The van der Waals surface area contributed by atoms with E-state index in [0.29, 0.717) is 0 Å². The van der Waals surface area contributed by atoms with Crippen molar-refractivity contribution in [2.75, 3.05) is 4.72 Å². The molecule has 0 atom stereocenters. The van der Waals surface area contributed by atoms with Crippen LogP contribution in [0.25, 0.3) is 0 Å². The largest absolute Gasteiger partial charge is 0.416 e. The van der Waals surface area contributed by atoms with Crippen LogP contribution in [0.15, 0.2) is 53.4 Å². The fraction of sp³-hybridized carbons (Fsp3) is 0.381. The van der Waals surface area contributed by atoms with Gasteiger partial charge in [-0.3, -0.25) is 9.52 Å². The third kappa shape index (κ3) is 5.75. The van der Waals surface area contributed by atoms with E-state index in [2.05, 4.69) is 10.0 Å². The second-order valence-electron chi connectivity index (χ2n) is 7.37. The Morgan fingerprint density at radius 3 is 2.27 bits per heavy atom. The molecule has 1 fully saturated rings. The average Bonchev–Trinajstić information content (AvgIpc) is 2.96. The molecule has 162 valence electrons. The first-order valence-corrected chi connectivity index (χ1v) is 11.2. The van der Waals surface area contributed by atoms with Crippen molar-refractivity contribution in [1.82, 2.24) is 5.32 Å². The third-order valence-corrected chi connectivity index (χ3v) is 6.42. The topological polar surface area (TPSA) is 75.3 Å². The van der Waals surface area contributed by atoms with Gasteiger partial charge in [0.25, 0.3) is 15.9 Å². The number of benzene rings is 2. The number of amides is 1. The van der Waals surface area contributed by atoms with Gasteiger partial charge in [-0.15, -0.1) is 0 Å². The normalized spacial score (nSPS) is 16.0. The van der Waals surface area contributed by atoms with Crippen LogP contribution < -0.4 is 10.0 Å². The summed E-state index contributed by atoms with van der Waals surface area (Å²) in [5, 5.41) is 2.95. The summed E-state index contributed by atoms with van der Waals surface area (Å²) in [5.41, 5.74) is -0.983. The molecule has 1 aliphatic carbocycles. The summed E-state index contributed by atoms with van der Waals surface area (Å²) in [5.74, 6) is -0.363. The molecule has 0 heterocycles. The molecular formula is C21H23F3N2O3S. The highest BCUT2D eigenvalue weighted by Gasteiger charge is 2.30. The van der Waals surface area contributed by atoms with E-state index >= 15 is 0 Å². The van der Waals surface area contributed by atoms with Gasteiger partial charge in [0.15, 0.2) is 0 Å². The predicted octanol–water partition coefficient (Wildman–Crippen LogP) is 4.96. The first-order chi connectivity index (χ1) is 14.1. The molecule has 1 saturated carbocycles. The molecule has 1 aliphatic rings. The molecule has 2 N–H and O–H groups in total. The lowest BCUT2D eigenvalue weighted by Crippen LogP contribution is -2.34. The summed E-state index contributed by atoms with van der Waals surface area (Å²) < 4.78 is 66.0. The van der Waals surface area contributed by atoms with Crippen molar-refractivity contribution in [1.29, 1.82) is 0 Å². The highest BCUT2D eigenvalue weighted by Crippen LogP contribution is 2.31. The summed E-state index contributed by atoms with van der Waals surface area (Å²) in [6.07, 6.45) is 1.56. The molecule has 2 aromatic rings. The molecular weight excluding hydrogens is 417 g/mol. The van der Waals surface area contributed by atoms with E-state index in [0.717, 1.165) is 56.7 Å². The van der Waals surface area contributed by atoms with Crippen LogP contribution in [-0.4, -0.2) is 20.4 Å². The number of anilines is 1. The molecule has 0 radical (unpaired) electrons. The summed E-state index contributed by atoms with van der Waals surface area (Å²) in [4.78, 5) is 12.4. The Hall–Kier alpha value is -2.55. The van der Waals surface area contributed by atoms with Gasteiger partial charge in [0.2, 0.25) is 0 Å². The maximum atomic E-state index is 12.9. The number of rotatable bonds is 5. The predicted molar refractivity (Wildman–Crippen MR) is 108 cm³/mol. The van der Waals surface area contributed by atoms with Gasteiger partial charge in [-0.1, -0.05) is 37.8 Å². The number of nitrogens with one attached hydrogen (secondary N) is 2. The Balaban J connectivity index is 1.76. The molecule has 30 heavy (non-hydrogen) atoms.